The first-order chi connectivity index (χ1) is 12.1. The summed E-state index contributed by atoms with van der Waals surface area (Å²) >= 11 is 0. The fourth-order valence-corrected chi connectivity index (χ4v) is 3.73. The summed E-state index contributed by atoms with van der Waals surface area (Å²) < 4.78 is 11.6. The zero-order chi connectivity index (χ0) is 17.6. The first-order valence-electron chi connectivity index (χ1n) is 9.48. The van der Waals surface area contributed by atoms with Gasteiger partial charge in [0.05, 0.1) is 25.4 Å². The summed E-state index contributed by atoms with van der Waals surface area (Å²) in [5, 5.41) is 6.20. The molecule has 1 saturated carbocycles. The first-order valence-corrected chi connectivity index (χ1v) is 9.48. The summed E-state index contributed by atoms with van der Waals surface area (Å²) in [5.74, 6) is 0.711. The number of carbonyl (C=O) groups excluding carboxylic acids is 1. The summed E-state index contributed by atoms with van der Waals surface area (Å²) in [4.78, 5) is 12.4. The van der Waals surface area contributed by atoms with Crippen molar-refractivity contribution in [2.45, 2.75) is 64.4 Å². The highest BCUT2D eigenvalue weighted by molar-refractivity contribution is 5.95. The Labute approximate surface area is 150 Å². The molecule has 2 N–H and O–H groups in total. The molecule has 2 fully saturated rings. The van der Waals surface area contributed by atoms with Gasteiger partial charge in [0.15, 0.2) is 0 Å². The van der Waals surface area contributed by atoms with Crippen LogP contribution in [0, 0.1) is 5.92 Å². The van der Waals surface area contributed by atoms with Crippen LogP contribution in [0.1, 0.15) is 45.1 Å². The van der Waals surface area contributed by atoms with E-state index in [1.54, 1.807) is 0 Å². The van der Waals surface area contributed by atoms with E-state index in [-0.39, 0.29) is 18.1 Å². The molecule has 1 saturated heterocycles. The minimum atomic E-state index is -0.308. The fourth-order valence-electron chi connectivity index (χ4n) is 3.73. The lowest BCUT2D eigenvalue weighted by atomic mass is 9.89. The van der Waals surface area contributed by atoms with Crippen molar-refractivity contribution in [2.75, 3.05) is 18.5 Å². The number of carbonyl (C=O) groups is 1. The Morgan fingerprint density at radius 3 is 3.04 bits per heavy atom. The molecule has 3 rings (SSSR count). The second-order valence-corrected chi connectivity index (χ2v) is 7.40. The molecule has 1 aromatic rings. The average molecular weight is 346 g/mol. The predicted molar refractivity (Wildman–Crippen MR) is 98.5 cm³/mol. The van der Waals surface area contributed by atoms with Crippen LogP contribution in [0.3, 0.4) is 0 Å². The van der Waals surface area contributed by atoms with Crippen molar-refractivity contribution in [3.63, 3.8) is 0 Å². The number of nitrogens with one attached hydrogen (secondary N) is 2. The van der Waals surface area contributed by atoms with E-state index >= 15 is 0 Å². The molecule has 4 atom stereocenters. The Morgan fingerprint density at radius 1 is 1.36 bits per heavy atom. The number of benzene rings is 1. The van der Waals surface area contributed by atoms with E-state index in [0.717, 1.165) is 30.0 Å². The Morgan fingerprint density at radius 2 is 2.24 bits per heavy atom. The van der Waals surface area contributed by atoms with Crippen molar-refractivity contribution < 1.29 is 14.3 Å². The van der Waals surface area contributed by atoms with Crippen LogP contribution >= 0.6 is 0 Å². The molecule has 5 nitrogen and oxygen atoms in total. The third-order valence-electron chi connectivity index (χ3n) is 5.17. The third-order valence-corrected chi connectivity index (χ3v) is 5.17. The van der Waals surface area contributed by atoms with E-state index in [4.69, 9.17) is 9.47 Å². The molecule has 2 unspecified atom stereocenters. The van der Waals surface area contributed by atoms with E-state index in [2.05, 4.69) is 17.6 Å². The second kappa shape index (κ2) is 8.79. The average Bonchev–Trinajstić information content (AvgIpc) is 2.61. The zero-order valence-corrected chi connectivity index (χ0v) is 15.3. The van der Waals surface area contributed by atoms with E-state index in [1.807, 2.05) is 31.2 Å². The van der Waals surface area contributed by atoms with Crippen molar-refractivity contribution in [3.8, 4) is 0 Å². The highest BCUT2D eigenvalue weighted by Gasteiger charge is 2.28. The molecular formula is C20H30N2O3. The maximum atomic E-state index is 12.4. The van der Waals surface area contributed by atoms with Crippen LogP contribution in [0.15, 0.2) is 24.3 Å². The van der Waals surface area contributed by atoms with Crippen LogP contribution < -0.4 is 10.6 Å². The number of anilines is 1. The third kappa shape index (κ3) is 5.27. The molecule has 138 valence electrons. The molecule has 1 amide bonds. The van der Waals surface area contributed by atoms with Gasteiger partial charge in [0.25, 0.3) is 0 Å². The van der Waals surface area contributed by atoms with E-state index in [9.17, 15) is 4.79 Å². The van der Waals surface area contributed by atoms with Gasteiger partial charge in [0.1, 0.15) is 6.04 Å². The Bertz CT molecular complexity index is 578. The summed E-state index contributed by atoms with van der Waals surface area (Å²) in [7, 11) is 0. The van der Waals surface area contributed by atoms with Gasteiger partial charge in [0.2, 0.25) is 5.91 Å². The molecule has 2 aliphatic rings. The summed E-state index contributed by atoms with van der Waals surface area (Å²) in [6, 6.07) is 7.62. The topological polar surface area (TPSA) is 59.6 Å². The quantitative estimate of drug-likeness (QED) is 0.860. The molecule has 25 heavy (non-hydrogen) atoms. The fraction of sp³-hybridized carbons (Fsp3) is 0.650. The van der Waals surface area contributed by atoms with Gasteiger partial charge < -0.3 is 20.1 Å². The van der Waals surface area contributed by atoms with Crippen LogP contribution in [-0.2, 0) is 20.9 Å². The van der Waals surface area contributed by atoms with Gasteiger partial charge >= 0.3 is 0 Å². The van der Waals surface area contributed by atoms with Crippen molar-refractivity contribution >= 4 is 11.6 Å². The van der Waals surface area contributed by atoms with E-state index in [0.29, 0.717) is 25.9 Å². The maximum absolute atomic E-state index is 12.4. The molecular weight excluding hydrogens is 316 g/mol. The van der Waals surface area contributed by atoms with Crippen LogP contribution in [-0.4, -0.2) is 37.3 Å². The molecule has 1 aliphatic heterocycles. The molecule has 5 heteroatoms. The minimum absolute atomic E-state index is 0.0497. The van der Waals surface area contributed by atoms with Crippen LogP contribution in [0.4, 0.5) is 5.69 Å². The molecule has 1 heterocycles. The first kappa shape index (κ1) is 18.4. The van der Waals surface area contributed by atoms with E-state index in [1.165, 1.54) is 12.8 Å². The standard InChI is InChI=1S/C20H30N2O3/c1-14-5-3-8-18(11-14)25-13-16-6-4-7-17(12-16)22-20(23)19-15(2)24-10-9-21-19/h4,6-7,12,14-15,18-19,21H,3,5,8-11,13H2,1-2H3,(H,22,23)/t14?,15-,18?,19+/m1/s1. The van der Waals surface area contributed by atoms with Crippen LogP contribution in [0.25, 0.3) is 0 Å². The molecule has 0 radical (unpaired) electrons. The van der Waals surface area contributed by atoms with Crippen LogP contribution in [0.5, 0.6) is 0 Å². The largest absolute Gasteiger partial charge is 0.375 e. The maximum Gasteiger partial charge on any atom is 0.244 e. The number of ether oxygens (including phenoxy) is 2. The molecule has 1 aromatic carbocycles. The lowest BCUT2D eigenvalue weighted by molar-refractivity contribution is -0.123. The number of rotatable bonds is 5. The lowest BCUT2D eigenvalue weighted by Gasteiger charge is -2.29. The molecule has 0 spiro atoms. The van der Waals surface area contributed by atoms with Crippen LogP contribution in [0.2, 0.25) is 0 Å². The normalized spacial score (nSPS) is 30.0. The number of hydrogen-bond donors (Lipinski definition) is 2. The van der Waals surface area contributed by atoms with Gasteiger partial charge in [-0.2, -0.15) is 0 Å². The van der Waals surface area contributed by atoms with Gasteiger partial charge in [-0.05, 0) is 43.4 Å². The summed E-state index contributed by atoms with van der Waals surface area (Å²) in [6.45, 7) is 6.18. The Balaban J connectivity index is 1.53. The number of amides is 1. The smallest absolute Gasteiger partial charge is 0.244 e. The summed E-state index contributed by atoms with van der Waals surface area (Å²) in [5.41, 5.74) is 1.90. The highest BCUT2D eigenvalue weighted by atomic mass is 16.5. The highest BCUT2D eigenvalue weighted by Crippen LogP contribution is 2.26. The Hall–Kier alpha value is -1.43. The molecule has 0 aromatic heterocycles. The number of hydrogen-bond acceptors (Lipinski definition) is 4. The van der Waals surface area contributed by atoms with Crippen molar-refractivity contribution in [3.05, 3.63) is 29.8 Å². The van der Waals surface area contributed by atoms with Gasteiger partial charge in [0, 0.05) is 12.2 Å². The second-order valence-electron chi connectivity index (χ2n) is 7.40. The zero-order valence-electron chi connectivity index (χ0n) is 15.3. The predicted octanol–water partition coefficient (Wildman–Crippen LogP) is 3.10. The molecule has 1 aliphatic carbocycles. The number of morpholine rings is 1. The minimum Gasteiger partial charge on any atom is -0.375 e. The van der Waals surface area contributed by atoms with Crippen molar-refractivity contribution in [2.24, 2.45) is 5.92 Å². The van der Waals surface area contributed by atoms with Crippen molar-refractivity contribution in [1.82, 2.24) is 5.32 Å². The Kier molecular flexibility index (Phi) is 6.45. The van der Waals surface area contributed by atoms with Gasteiger partial charge in [-0.25, -0.2) is 0 Å². The van der Waals surface area contributed by atoms with E-state index < -0.39 is 0 Å². The monoisotopic (exact) mass is 346 g/mol. The summed E-state index contributed by atoms with van der Waals surface area (Å²) in [6.07, 6.45) is 5.14. The van der Waals surface area contributed by atoms with Gasteiger partial charge in [-0.1, -0.05) is 31.9 Å². The molecule has 0 bridgehead atoms. The lowest BCUT2D eigenvalue weighted by Crippen LogP contribution is -2.53. The SMILES string of the molecule is CC1CCCC(OCc2cccc(NC(=O)[C@H]3NCCO[C@@H]3C)c2)C1. The van der Waals surface area contributed by atoms with Crippen molar-refractivity contribution in [1.29, 1.82) is 0 Å². The van der Waals surface area contributed by atoms with Gasteiger partial charge in [-0.3, -0.25) is 4.79 Å². The van der Waals surface area contributed by atoms with Gasteiger partial charge in [-0.15, -0.1) is 0 Å².